The second-order valence-corrected chi connectivity index (χ2v) is 14.5. The first-order valence-electron chi connectivity index (χ1n) is 10.7. The lowest BCUT2D eigenvalue weighted by atomic mass is 9.89. The van der Waals surface area contributed by atoms with Crippen molar-refractivity contribution < 1.29 is 18.7 Å². The van der Waals surface area contributed by atoms with Gasteiger partial charge in [-0.2, -0.15) is 0 Å². The molecule has 1 aliphatic heterocycles. The molecule has 2 aliphatic rings. The quantitative estimate of drug-likeness (QED) is 0.245. The fourth-order valence-corrected chi connectivity index (χ4v) is 10.5. The molecule has 2 fully saturated rings. The van der Waals surface area contributed by atoms with E-state index in [9.17, 15) is 4.79 Å². The number of carbonyl (C=O) groups excluding carboxylic acids is 1. The van der Waals surface area contributed by atoms with Crippen LogP contribution in [0.5, 0.6) is 0 Å². The molecule has 1 saturated heterocycles. The van der Waals surface area contributed by atoms with Crippen molar-refractivity contribution in [3.05, 3.63) is 0 Å². The van der Waals surface area contributed by atoms with Crippen LogP contribution in [0.2, 0.25) is 16.6 Å². The van der Waals surface area contributed by atoms with Gasteiger partial charge in [0.15, 0.2) is 20.0 Å². The summed E-state index contributed by atoms with van der Waals surface area (Å²) < 4.78 is 17.9. The molecule has 0 spiro atoms. The summed E-state index contributed by atoms with van der Waals surface area (Å²) in [5.41, 5.74) is 1.36. The molecule has 1 saturated carbocycles. The molecule has 1 heterocycles. The minimum absolute atomic E-state index is 0.260. The maximum atomic E-state index is 11.5. The number of epoxide rings is 1. The molecule has 1 aliphatic carbocycles. The van der Waals surface area contributed by atoms with E-state index in [4.69, 9.17) is 13.9 Å². The van der Waals surface area contributed by atoms with E-state index in [1.807, 2.05) is 0 Å². The molecular weight excluding hydrogens is 356 g/mol. The first-order chi connectivity index (χ1) is 12.6. The molecular formula is C22H38O4Si. The summed E-state index contributed by atoms with van der Waals surface area (Å²) in [4.78, 5) is 11.5. The summed E-state index contributed by atoms with van der Waals surface area (Å²) in [5, 5.41) is 0. The average Bonchev–Trinajstić information content (AvgIpc) is 3.29. The fourth-order valence-electron chi connectivity index (χ4n) is 5.03. The predicted molar refractivity (Wildman–Crippen MR) is 111 cm³/mol. The minimum atomic E-state index is -1.91. The Morgan fingerprint density at radius 1 is 1.15 bits per heavy atom. The van der Waals surface area contributed by atoms with E-state index in [0.717, 1.165) is 19.3 Å². The molecule has 3 unspecified atom stereocenters. The fraction of sp³-hybridized carbons (Fsp3) is 0.864. The van der Waals surface area contributed by atoms with Gasteiger partial charge in [-0.05, 0) is 35.9 Å². The van der Waals surface area contributed by atoms with Crippen LogP contribution in [0.25, 0.3) is 0 Å². The van der Waals surface area contributed by atoms with E-state index in [2.05, 4.69) is 53.4 Å². The van der Waals surface area contributed by atoms with Gasteiger partial charge in [0.1, 0.15) is 0 Å². The van der Waals surface area contributed by atoms with Crippen molar-refractivity contribution in [1.29, 1.82) is 0 Å². The molecule has 0 radical (unpaired) electrons. The van der Waals surface area contributed by atoms with E-state index in [0.29, 0.717) is 29.7 Å². The monoisotopic (exact) mass is 394 g/mol. The Morgan fingerprint density at radius 3 is 2.30 bits per heavy atom. The molecule has 0 N–H and O–H groups in total. The standard InChI is InChI=1S/C22H38O4Si/c1-16(2)27(17(3)4,18(5)6)24-15-12-20(25-19(7)23)11-14-22-13-9-8-10-21(22)26-22/h16-18,20-21H,8-10,12-13,15H2,1-7H3. The van der Waals surface area contributed by atoms with E-state index < -0.39 is 14.4 Å². The zero-order valence-corrected chi connectivity index (χ0v) is 19.3. The van der Waals surface area contributed by atoms with Gasteiger partial charge < -0.3 is 13.9 Å². The molecule has 4 nitrogen and oxygen atoms in total. The van der Waals surface area contributed by atoms with Gasteiger partial charge in [0.25, 0.3) is 0 Å². The predicted octanol–water partition coefficient (Wildman–Crippen LogP) is 5.22. The van der Waals surface area contributed by atoms with Crippen molar-refractivity contribution in [2.24, 2.45) is 0 Å². The largest absolute Gasteiger partial charge is 0.449 e. The van der Waals surface area contributed by atoms with Gasteiger partial charge >= 0.3 is 5.97 Å². The van der Waals surface area contributed by atoms with E-state index in [1.165, 1.54) is 13.3 Å². The molecule has 3 atom stereocenters. The van der Waals surface area contributed by atoms with E-state index in [-0.39, 0.29) is 17.7 Å². The van der Waals surface area contributed by atoms with E-state index in [1.54, 1.807) is 0 Å². The Morgan fingerprint density at radius 2 is 1.78 bits per heavy atom. The topological polar surface area (TPSA) is 48.1 Å². The molecule has 2 rings (SSSR count). The number of rotatable bonds is 8. The highest BCUT2D eigenvalue weighted by Crippen LogP contribution is 2.47. The van der Waals surface area contributed by atoms with Crippen LogP contribution in [0.1, 0.15) is 80.6 Å². The molecule has 0 aromatic heterocycles. The lowest BCUT2D eigenvalue weighted by Crippen LogP contribution is -2.48. The molecule has 27 heavy (non-hydrogen) atoms. The normalized spacial score (nSPS) is 25.8. The molecule has 0 bridgehead atoms. The average molecular weight is 395 g/mol. The van der Waals surface area contributed by atoms with Crippen molar-refractivity contribution in [2.75, 3.05) is 6.61 Å². The smallest absolute Gasteiger partial charge is 0.303 e. The Labute approximate surface area is 166 Å². The lowest BCUT2D eigenvalue weighted by Gasteiger charge is -2.42. The number of hydrogen-bond acceptors (Lipinski definition) is 4. The van der Waals surface area contributed by atoms with Gasteiger partial charge in [0.2, 0.25) is 0 Å². The van der Waals surface area contributed by atoms with E-state index >= 15 is 0 Å². The molecule has 5 heteroatoms. The summed E-state index contributed by atoms with van der Waals surface area (Å²) in [6, 6.07) is 0. The Hall–Kier alpha value is -0.833. The third-order valence-corrected chi connectivity index (χ3v) is 12.4. The SMILES string of the molecule is CC(=O)OC(C#CC12CCCCC1O2)CCO[Si](C(C)C)(C(C)C)C(C)C. The van der Waals surface area contributed by atoms with Crippen molar-refractivity contribution in [3.63, 3.8) is 0 Å². The highest BCUT2D eigenvalue weighted by molar-refractivity contribution is 6.77. The maximum absolute atomic E-state index is 11.5. The summed E-state index contributed by atoms with van der Waals surface area (Å²) in [6.45, 7) is 15.7. The van der Waals surface area contributed by atoms with Crippen LogP contribution in [-0.4, -0.2) is 38.7 Å². The zero-order valence-electron chi connectivity index (χ0n) is 18.3. The Bertz CT molecular complexity index is 553. The van der Waals surface area contributed by atoms with Crippen molar-refractivity contribution in [2.45, 2.75) is 115 Å². The molecule has 0 amide bonds. The summed E-state index contributed by atoms with van der Waals surface area (Å²) in [7, 11) is -1.91. The van der Waals surface area contributed by atoms with Crippen LogP contribution in [0.15, 0.2) is 0 Å². The molecule has 154 valence electrons. The van der Waals surface area contributed by atoms with Gasteiger partial charge in [-0.1, -0.05) is 59.8 Å². The van der Waals surface area contributed by atoms with Crippen LogP contribution >= 0.6 is 0 Å². The second kappa shape index (κ2) is 9.11. The lowest BCUT2D eigenvalue weighted by molar-refractivity contribution is -0.144. The molecule has 0 aromatic carbocycles. The van der Waals surface area contributed by atoms with Crippen LogP contribution in [-0.2, 0) is 18.7 Å². The maximum Gasteiger partial charge on any atom is 0.303 e. The van der Waals surface area contributed by atoms with Gasteiger partial charge in [0.05, 0.1) is 6.10 Å². The third kappa shape index (κ3) is 5.16. The van der Waals surface area contributed by atoms with Crippen LogP contribution in [0, 0.1) is 11.8 Å². The van der Waals surface area contributed by atoms with Crippen LogP contribution in [0.4, 0.5) is 0 Å². The molecule has 0 aromatic rings. The van der Waals surface area contributed by atoms with Gasteiger partial charge in [-0.15, -0.1) is 0 Å². The van der Waals surface area contributed by atoms with Gasteiger partial charge in [-0.25, -0.2) is 0 Å². The second-order valence-electron chi connectivity index (χ2n) is 9.06. The van der Waals surface area contributed by atoms with Crippen molar-refractivity contribution in [3.8, 4) is 11.8 Å². The third-order valence-electron chi connectivity index (χ3n) is 6.27. The Balaban J connectivity index is 2.01. The number of fused-ring (bicyclic) bond motifs is 1. The number of carbonyl (C=O) groups is 1. The van der Waals surface area contributed by atoms with Gasteiger partial charge in [0, 0.05) is 20.0 Å². The van der Waals surface area contributed by atoms with Crippen molar-refractivity contribution in [1.82, 2.24) is 0 Å². The summed E-state index contributed by atoms with van der Waals surface area (Å²) in [6.07, 6.45) is 4.98. The first-order valence-corrected chi connectivity index (χ1v) is 12.8. The number of ether oxygens (including phenoxy) is 2. The highest BCUT2D eigenvalue weighted by atomic mass is 28.4. The first kappa shape index (κ1) is 22.5. The summed E-state index contributed by atoms with van der Waals surface area (Å²) >= 11 is 0. The Kier molecular flexibility index (Phi) is 7.58. The van der Waals surface area contributed by atoms with Crippen LogP contribution in [0.3, 0.4) is 0 Å². The summed E-state index contributed by atoms with van der Waals surface area (Å²) in [5.74, 6) is 6.21. The van der Waals surface area contributed by atoms with Crippen LogP contribution < -0.4 is 0 Å². The highest BCUT2D eigenvalue weighted by Gasteiger charge is 2.56. The minimum Gasteiger partial charge on any atom is -0.449 e. The number of esters is 1. The van der Waals surface area contributed by atoms with Gasteiger partial charge in [-0.3, -0.25) is 4.79 Å². The zero-order chi connectivity index (χ0) is 20.2. The number of hydrogen-bond donors (Lipinski definition) is 0. The van der Waals surface area contributed by atoms with Crippen molar-refractivity contribution >= 4 is 14.3 Å².